The van der Waals surface area contributed by atoms with Crippen LogP contribution in [0.3, 0.4) is 0 Å². The first-order valence-corrected chi connectivity index (χ1v) is 23.3. The molecule has 0 radical (unpaired) electrons. The molecule has 2 N–H and O–H groups in total. The first-order valence-electron chi connectivity index (χ1n) is 22.3. The fourth-order valence-corrected chi connectivity index (χ4v) is 12.9. The van der Waals surface area contributed by atoms with Crippen molar-refractivity contribution in [3.63, 3.8) is 0 Å². The van der Waals surface area contributed by atoms with Crippen molar-refractivity contribution in [1.82, 2.24) is 15.1 Å². The van der Waals surface area contributed by atoms with Gasteiger partial charge in [0.05, 0.1) is 37.6 Å². The van der Waals surface area contributed by atoms with Gasteiger partial charge in [-0.1, -0.05) is 36.4 Å². The van der Waals surface area contributed by atoms with Gasteiger partial charge in [-0.2, -0.15) is 5.26 Å². The van der Waals surface area contributed by atoms with E-state index >= 15 is 4.79 Å². The van der Waals surface area contributed by atoms with Crippen molar-refractivity contribution in [3.05, 3.63) is 98.6 Å². The first-order chi connectivity index (χ1) is 31.7. The lowest BCUT2D eigenvalue weighted by Crippen LogP contribution is -2.69. The summed E-state index contributed by atoms with van der Waals surface area (Å²) in [6, 6.07) is 15.6. The molecule has 2 fully saturated rings. The highest BCUT2D eigenvalue weighted by atomic mass is 32.2. The molecule has 11 rings (SSSR count). The minimum absolute atomic E-state index is 0.0141. The predicted octanol–water partition coefficient (Wildman–Crippen LogP) is 7.25. The van der Waals surface area contributed by atoms with Gasteiger partial charge in [0.2, 0.25) is 6.79 Å². The zero-order valence-electron chi connectivity index (χ0n) is 38.3. The van der Waals surface area contributed by atoms with Gasteiger partial charge in [-0.3, -0.25) is 15.1 Å². The van der Waals surface area contributed by atoms with Crippen molar-refractivity contribution in [2.24, 2.45) is 0 Å². The molecule has 7 atom stereocenters. The van der Waals surface area contributed by atoms with E-state index in [0.717, 1.165) is 44.5 Å². The minimum Gasteiger partial charge on any atom is -0.504 e. The van der Waals surface area contributed by atoms with Crippen LogP contribution in [0.4, 0.5) is 4.79 Å². The summed E-state index contributed by atoms with van der Waals surface area (Å²) >= 11 is 1.56. The van der Waals surface area contributed by atoms with Gasteiger partial charge in [0.1, 0.15) is 30.6 Å². The number of rotatable bonds is 6. The molecule has 7 heterocycles. The number of methoxy groups -OCH3 is 2. The smallest absolute Gasteiger partial charge is 0.504 e. The third-order valence-corrected chi connectivity index (χ3v) is 15.5. The Balaban J connectivity index is 1.19. The lowest BCUT2D eigenvalue weighted by atomic mass is 9.71. The second kappa shape index (κ2) is 16.5. The molecule has 4 bridgehead atoms. The number of piperazine rings is 1. The van der Waals surface area contributed by atoms with E-state index < -0.39 is 52.7 Å². The van der Waals surface area contributed by atoms with Gasteiger partial charge < -0.3 is 43.0 Å². The molecule has 2 saturated heterocycles. The number of phenolic OH excluding ortho intramolecular Hbond substituents is 1. The number of fused-ring (bicyclic) bond motifs is 9. The van der Waals surface area contributed by atoms with Crippen LogP contribution >= 0.6 is 11.8 Å². The zero-order valence-corrected chi connectivity index (χ0v) is 39.1. The van der Waals surface area contributed by atoms with E-state index in [0.29, 0.717) is 47.9 Å². The Hall–Kier alpha value is -5.86. The molecule has 0 aliphatic carbocycles. The Morgan fingerprint density at radius 3 is 2.50 bits per heavy atom. The number of hydrogen-bond acceptors (Lipinski definition) is 16. The summed E-state index contributed by atoms with van der Waals surface area (Å²) in [4.78, 5) is 32.6. The summed E-state index contributed by atoms with van der Waals surface area (Å²) in [7, 11) is 5.07. The van der Waals surface area contributed by atoms with Gasteiger partial charge in [0, 0.05) is 46.6 Å². The highest BCUT2D eigenvalue weighted by Crippen LogP contribution is 2.64. The Labute approximate surface area is 388 Å². The lowest BCUT2D eigenvalue weighted by molar-refractivity contribution is -0.157. The molecule has 4 aromatic carbocycles. The average Bonchev–Trinajstić information content (AvgIpc) is 3.78. The molecule has 1 unspecified atom stereocenters. The Morgan fingerprint density at radius 1 is 1.00 bits per heavy atom. The Kier molecular flexibility index (Phi) is 11.0. The van der Waals surface area contributed by atoms with Crippen molar-refractivity contribution in [1.29, 1.82) is 5.26 Å². The normalized spacial score (nSPS) is 26.2. The first kappa shape index (κ1) is 44.0. The van der Waals surface area contributed by atoms with Crippen LogP contribution in [-0.2, 0) is 39.3 Å². The van der Waals surface area contributed by atoms with Crippen molar-refractivity contribution in [2.75, 3.05) is 47.0 Å². The number of thioether (sulfide) groups is 1. The molecular weight excluding hydrogens is 865 g/mol. The number of aromatic hydroxyl groups is 1. The summed E-state index contributed by atoms with van der Waals surface area (Å²) in [6.07, 6.45) is 0.142. The van der Waals surface area contributed by atoms with E-state index in [1.807, 2.05) is 51.2 Å². The quantitative estimate of drug-likeness (QED) is 0.146. The number of nitriles is 1. The van der Waals surface area contributed by atoms with Gasteiger partial charge in [0.15, 0.2) is 40.0 Å². The highest BCUT2D eigenvalue weighted by Gasteiger charge is 2.62. The van der Waals surface area contributed by atoms with E-state index in [1.165, 1.54) is 7.11 Å². The topological polar surface area (TPSA) is 171 Å². The number of ether oxygens (including phenoxy) is 8. The molecule has 4 aromatic rings. The maximum atomic E-state index is 15.2. The van der Waals surface area contributed by atoms with Gasteiger partial charge in [-0.25, -0.2) is 9.59 Å². The number of carbonyl (C=O) groups is 2. The third-order valence-electron chi connectivity index (χ3n) is 14.0. The molecule has 66 heavy (non-hydrogen) atoms. The molecule has 7 aliphatic rings. The SMILES string of the molecule is COc1cc2c(cc1OC(=O)OC(C)(C)C)CCN[C@]21CS[C@@H]2c3c(OCc4ccccc4)c(C)c4c(c3[C@@H](COC1=O)N1C2[C@H]2c3c(cc(C)c(OC)c3O)C[C@H]([C@@H]1C#N)N2C)OCO4. The predicted molar refractivity (Wildman–Crippen MR) is 243 cm³/mol. The number of benzene rings is 4. The number of hydrogen-bond donors (Lipinski definition) is 2. The summed E-state index contributed by atoms with van der Waals surface area (Å²) in [6.45, 7) is 9.68. The van der Waals surface area contributed by atoms with Gasteiger partial charge in [-0.05, 0) is 94.5 Å². The van der Waals surface area contributed by atoms with E-state index in [4.69, 9.17) is 37.9 Å². The summed E-state index contributed by atoms with van der Waals surface area (Å²) in [5.74, 6) is 2.26. The molecule has 1 spiro atoms. The van der Waals surface area contributed by atoms with Gasteiger partial charge in [-0.15, -0.1) is 11.8 Å². The van der Waals surface area contributed by atoms with E-state index in [9.17, 15) is 15.2 Å². The van der Waals surface area contributed by atoms with Gasteiger partial charge in [0.25, 0.3) is 0 Å². The van der Waals surface area contributed by atoms with Crippen LogP contribution in [-0.4, -0.2) is 97.7 Å². The van der Waals surface area contributed by atoms with Gasteiger partial charge >= 0.3 is 12.1 Å². The molecule has 346 valence electrons. The van der Waals surface area contributed by atoms with Crippen LogP contribution in [0.2, 0.25) is 0 Å². The van der Waals surface area contributed by atoms with Crippen LogP contribution in [0.25, 0.3) is 0 Å². The van der Waals surface area contributed by atoms with E-state index in [2.05, 4.69) is 27.3 Å². The van der Waals surface area contributed by atoms with Crippen LogP contribution in [0.1, 0.15) is 88.2 Å². The molecule has 16 heteroatoms. The lowest BCUT2D eigenvalue weighted by Gasteiger charge is -2.62. The number of carbonyl (C=O) groups excluding carboxylic acids is 2. The van der Waals surface area contributed by atoms with Crippen molar-refractivity contribution >= 4 is 23.9 Å². The number of nitrogens with one attached hydrogen (secondary N) is 1. The third kappa shape index (κ3) is 6.88. The average molecular weight is 919 g/mol. The van der Waals surface area contributed by atoms with E-state index in [-0.39, 0.29) is 49.0 Å². The largest absolute Gasteiger partial charge is 0.514 e. The number of esters is 1. The second-order valence-electron chi connectivity index (χ2n) is 18.8. The van der Waals surface area contributed by atoms with Crippen LogP contribution in [0.5, 0.6) is 40.2 Å². The maximum absolute atomic E-state index is 15.2. The number of aryl methyl sites for hydroxylation is 1. The van der Waals surface area contributed by atoms with Crippen molar-refractivity contribution < 1.29 is 52.6 Å². The van der Waals surface area contributed by atoms with Crippen molar-refractivity contribution in [3.8, 4) is 46.3 Å². The standard InChI is InChI=1S/C50H54N4O11S/c1-25-16-29-17-31-32(20-51)54-33-22-61-47(56)50(30-19-34(58-7)35(18-28(30)14-15-52-50)64-48(57)65-49(3,4)5)23-66-46(40(54)39(53(31)6)36(29)41(55)42(25)59-8)38-37(33)45-44(62-24-63-45)26(2)43(38)60-21-27-12-10-9-11-13-27/h9-13,16,18-19,31-33,39-40,46,52,55H,14-15,17,21-24H2,1-8H3/t31-,32+,33-,39-,40?,46-,50-/m1/s1. The van der Waals surface area contributed by atoms with E-state index in [1.54, 1.807) is 51.8 Å². The second-order valence-corrected chi connectivity index (χ2v) is 19.9. The summed E-state index contributed by atoms with van der Waals surface area (Å²) in [5.41, 5.74) is 5.09. The number of phenols is 1. The number of nitrogens with zero attached hydrogens (tertiary/aromatic N) is 3. The minimum atomic E-state index is -1.40. The molecule has 0 saturated carbocycles. The highest BCUT2D eigenvalue weighted by molar-refractivity contribution is 7.99. The number of likely N-dealkylation sites (N-methyl/N-ethyl adjacent to an activating group) is 1. The summed E-state index contributed by atoms with van der Waals surface area (Å²) in [5, 5.41) is 26.7. The molecule has 7 aliphatic heterocycles. The van der Waals surface area contributed by atoms with Crippen LogP contribution in [0, 0.1) is 25.2 Å². The van der Waals surface area contributed by atoms with Crippen LogP contribution in [0.15, 0.2) is 48.5 Å². The monoisotopic (exact) mass is 918 g/mol. The maximum Gasteiger partial charge on any atom is 0.514 e. The molecule has 15 nitrogen and oxygen atoms in total. The molecule has 0 aromatic heterocycles. The fourth-order valence-electron chi connectivity index (χ4n) is 11.3. The van der Waals surface area contributed by atoms with Crippen LogP contribution < -0.4 is 33.7 Å². The molecule has 0 amide bonds. The molecular formula is C50H54N4O11S. The fraction of sp³-hybridized carbons (Fsp3) is 0.460. The Bertz CT molecular complexity index is 2680. The zero-order chi connectivity index (χ0) is 46.4. The summed E-state index contributed by atoms with van der Waals surface area (Å²) < 4.78 is 49.1. The Morgan fingerprint density at radius 2 is 1.77 bits per heavy atom. The van der Waals surface area contributed by atoms with Crippen molar-refractivity contribution in [2.45, 2.75) is 101 Å².